The second-order valence-corrected chi connectivity index (χ2v) is 3.81. The highest BCUT2D eigenvalue weighted by atomic mass is 14.9. The molecule has 2 aromatic heterocycles. The van der Waals surface area contributed by atoms with E-state index in [1.165, 1.54) is 0 Å². The van der Waals surface area contributed by atoms with Gasteiger partial charge in [0.1, 0.15) is 0 Å². The normalized spacial score (nSPS) is 10.6. The molecule has 1 N–H and O–H groups in total. The molecule has 2 rings (SSSR count). The Morgan fingerprint density at radius 1 is 1.19 bits per heavy atom. The van der Waals surface area contributed by atoms with E-state index in [0.717, 1.165) is 41.8 Å². The molecule has 0 fully saturated rings. The van der Waals surface area contributed by atoms with Gasteiger partial charge in [-0.1, -0.05) is 13.3 Å². The minimum Gasteiger partial charge on any atom is -0.385 e. The van der Waals surface area contributed by atoms with Crippen LogP contribution in [0.15, 0.2) is 24.4 Å². The number of hydrogen-bond donors (Lipinski definition) is 1. The molecular formula is C13H17N3. The standard InChI is InChI=1S/C13H17N3/c1-3-5-10-6-7-11-12(14-4-2)8-9-15-13(11)16-10/h6-9H,3-5H2,1-2H3,(H,14,15,16). The monoisotopic (exact) mass is 215 g/mol. The van der Waals surface area contributed by atoms with Gasteiger partial charge in [-0.05, 0) is 31.5 Å². The SMILES string of the molecule is CCCc1ccc2c(NCC)ccnc2n1. The smallest absolute Gasteiger partial charge is 0.161 e. The number of hydrogen-bond acceptors (Lipinski definition) is 3. The fraction of sp³-hybridized carbons (Fsp3) is 0.385. The molecule has 3 nitrogen and oxygen atoms in total. The summed E-state index contributed by atoms with van der Waals surface area (Å²) in [5, 5.41) is 4.42. The van der Waals surface area contributed by atoms with Crippen LogP contribution in [0.4, 0.5) is 5.69 Å². The van der Waals surface area contributed by atoms with Gasteiger partial charge in [0.15, 0.2) is 5.65 Å². The second kappa shape index (κ2) is 4.92. The molecule has 0 aliphatic heterocycles. The average molecular weight is 215 g/mol. The molecule has 0 aromatic carbocycles. The van der Waals surface area contributed by atoms with E-state index in [1.54, 1.807) is 0 Å². The summed E-state index contributed by atoms with van der Waals surface area (Å²) in [4.78, 5) is 8.87. The molecule has 0 atom stereocenters. The van der Waals surface area contributed by atoms with Crippen LogP contribution >= 0.6 is 0 Å². The molecule has 2 aromatic rings. The molecule has 0 saturated heterocycles. The minimum absolute atomic E-state index is 0.837. The van der Waals surface area contributed by atoms with Gasteiger partial charge in [-0.25, -0.2) is 9.97 Å². The molecule has 0 aliphatic carbocycles. The molecule has 3 heteroatoms. The lowest BCUT2D eigenvalue weighted by Crippen LogP contribution is -1.99. The van der Waals surface area contributed by atoms with Crippen LogP contribution in [0.2, 0.25) is 0 Å². The van der Waals surface area contributed by atoms with Crippen LogP contribution in [0, 0.1) is 0 Å². The van der Waals surface area contributed by atoms with E-state index < -0.39 is 0 Å². The number of aromatic nitrogens is 2. The topological polar surface area (TPSA) is 37.8 Å². The zero-order valence-electron chi connectivity index (χ0n) is 9.83. The Morgan fingerprint density at radius 2 is 2.06 bits per heavy atom. The van der Waals surface area contributed by atoms with Crippen molar-refractivity contribution in [3.8, 4) is 0 Å². The van der Waals surface area contributed by atoms with Crippen molar-refractivity contribution >= 4 is 16.7 Å². The Balaban J connectivity index is 2.46. The van der Waals surface area contributed by atoms with E-state index in [1.807, 2.05) is 12.3 Å². The number of anilines is 1. The summed E-state index contributed by atoms with van der Waals surface area (Å²) in [6.45, 7) is 5.16. The van der Waals surface area contributed by atoms with E-state index in [2.05, 4.69) is 41.3 Å². The zero-order valence-corrected chi connectivity index (χ0v) is 9.83. The third kappa shape index (κ3) is 2.13. The van der Waals surface area contributed by atoms with Crippen molar-refractivity contribution < 1.29 is 0 Å². The fourth-order valence-corrected chi connectivity index (χ4v) is 1.81. The van der Waals surface area contributed by atoms with Gasteiger partial charge in [0, 0.05) is 29.5 Å². The van der Waals surface area contributed by atoms with Gasteiger partial charge in [0.05, 0.1) is 0 Å². The van der Waals surface area contributed by atoms with Crippen LogP contribution in [0.25, 0.3) is 11.0 Å². The molecule has 0 amide bonds. The lowest BCUT2D eigenvalue weighted by atomic mass is 10.2. The number of nitrogens with zero attached hydrogens (tertiary/aromatic N) is 2. The first-order valence-corrected chi connectivity index (χ1v) is 5.83. The minimum atomic E-state index is 0.837. The molecule has 2 heterocycles. The first-order valence-electron chi connectivity index (χ1n) is 5.83. The maximum Gasteiger partial charge on any atom is 0.161 e. The van der Waals surface area contributed by atoms with Crippen molar-refractivity contribution in [3.63, 3.8) is 0 Å². The van der Waals surface area contributed by atoms with E-state index in [4.69, 9.17) is 0 Å². The van der Waals surface area contributed by atoms with E-state index in [0.29, 0.717) is 0 Å². The summed E-state index contributed by atoms with van der Waals surface area (Å²) < 4.78 is 0. The summed E-state index contributed by atoms with van der Waals surface area (Å²) in [6.07, 6.45) is 3.94. The molecule has 16 heavy (non-hydrogen) atoms. The van der Waals surface area contributed by atoms with Crippen LogP contribution < -0.4 is 5.32 Å². The molecule has 0 spiro atoms. The van der Waals surface area contributed by atoms with Crippen LogP contribution in [-0.2, 0) is 6.42 Å². The number of aryl methyl sites for hydroxylation is 1. The van der Waals surface area contributed by atoms with E-state index in [9.17, 15) is 0 Å². The third-order valence-electron chi connectivity index (χ3n) is 2.53. The Kier molecular flexibility index (Phi) is 3.34. The lowest BCUT2D eigenvalue weighted by Gasteiger charge is -2.07. The van der Waals surface area contributed by atoms with Crippen LogP contribution in [0.1, 0.15) is 26.0 Å². The fourth-order valence-electron chi connectivity index (χ4n) is 1.81. The lowest BCUT2D eigenvalue weighted by molar-refractivity contribution is 0.887. The summed E-state index contributed by atoms with van der Waals surface area (Å²) in [5.74, 6) is 0. The van der Waals surface area contributed by atoms with Gasteiger partial charge in [-0.2, -0.15) is 0 Å². The van der Waals surface area contributed by atoms with Gasteiger partial charge in [-0.15, -0.1) is 0 Å². The predicted molar refractivity (Wildman–Crippen MR) is 67.7 cm³/mol. The Hall–Kier alpha value is -1.64. The maximum atomic E-state index is 4.56. The summed E-state index contributed by atoms with van der Waals surface area (Å²) in [6, 6.07) is 6.19. The highest BCUT2D eigenvalue weighted by Crippen LogP contribution is 2.20. The Labute approximate surface area is 95.9 Å². The molecule has 0 bridgehead atoms. The molecule has 0 radical (unpaired) electrons. The Morgan fingerprint density at radius 3 is 2.81 bits per heavy atom. The zero-order chi connectivity index (χ0) is 11.4. The van der Waals surface area contributed by atoms with Gasteiger partial charge in [-0.3, -0.25) is 0 Å². The highest BCUT2D eigenvalue weighted by molar-refractivity contribution is 5.88. The quantitative estimate of drug-likeness (QED) is 0.852. The van der Waals surface area contributed by atoms with E-state index >= 15 is 0 Å². The predicted octanol–water partition coefficient (Wildman–Crippen LogP) is 3.01. The van der Waals surface area contributed by atoms with Crippen molar-refractivity contribution in [1.82, 2.24) is 9.97 Å². The van der Waals surface area contributed by atoms with Crippen molar-refractivity contribution in [2.45, 2.75) is 26.7 Å². The molecule has 0 saturated carbocycles. The van der Waals surface area contributed by atoms with E-state index in [-0.39, 0.29) is 0 Å². The molecule has 0 aliphatic rings. The molecular weight excluding hydrogens is 198 g/mol. The largest absolute Gasteiger partial charge is 0.385 e. The third-order valence-corrected chi connectivity index (χ3v) is 2.53. The second-order valence-electron chi connectivity index (χ2n) is 3.81. The number of pyridine rings is 2. The average Bonchev–Trinajstić information content (AvgIpc) is 2.30. The van der Waals surface area contributed by atoms with Crippen molar-refractivity contribution in [3.05, 3.63) is 30.1 Å². The highest BCUT2D eigenvalue weighted by Gasteiger charge is 2.03. The number of fused-ring (bicyclic) bond motifs is 1. The van der Waals surface area contributed by atoms with Gasteiger partial charge in [0.2, 0.25) is 0 Å². The first-order chi connectivity index (χ1) is 7.85. The molecule has 84 valence electrons. The summed E-state index contributed by atoms with van der Waals surface area (Å²) in [5.41, 5.74) is 3.07. The summed E-state index contributed by atoms with van der Waals surface area (Å²) in [7, 11) is 0. The van der Waals surface area contributed by atoms with Gasteiger partial charge < -0.3 is 5.32 Å². The Bertz CT molecular complexity index is 480. The van der Waals surface area contributed by atoms with Gasteiger partial charge in [0.25, 0.3) is 0 Å². The van der Waals surface area contributed by atoms with Crippen molar-refractivity contribution in [2.75, 3.05) is 11.9 Å². The maximum absolute atomic E-state index is 4.56. The molecule has 0 unspecified atom stereocenters. The number of nitrogens with one attached hydrogen (secondary N) is 1. The van der Waals surface area contributed by atoms with Crippen LogP contribution in [0.3, 0.4) is 0 Å². The van der Waals surface area contributed by atoms with Gasteiger partial charge >= 0.3 is 0 Å². The van der Waals surface area contributed by atoms with Crippen LogP contribution in [0.5, 0.6) is 0 Å². The first kappa shape index (κ1) is 10.9. The summed E-state index contributed by atoms with van der Waals surface area (Å²) >= 11 is 0. The van der Waals surface area contributed by atoms with Crippen LogP contribution in [-0.4, -0.2) is 16.5 Å². The van der Waals surface area contributed by atoms with Crippen molar-refractivity contribution in [2.24, 2.45) is 0 Å². The van der Waals surface area contributed by atoms with Crippen molar-refractivity contribution in [1.29, 1.82) is 0 Å². The number of rotatable bonds is 4.